The molecule has 0 amide bonds. The molecule has 2 unspecified atom stereocenters. The zero-order valence-electron chi connectivity index (χ0n) is 6.17. The summed E-state index contributed by atoms with van der Waals surface area (Å²) in [5.41, 5.74) is 4.94. The SMILES string of the molecule is CC(O)C(N)C(=O)OP(=O)([O-])[O-]. The fourth-order valence-corrected chi connectivity index (χ4v) is 0.710. The van der Waals surface area contributed by atoms with Crippen molar-refractivity contribution in [2.75, 3.05) is 0 Å². The molecule has 7 nitrogen and oxygen atoms in total. The van der Waals surface area contributed by atoms with E-state index in [1.807, 2.05) is 0 Å². The summed E-state index contributed by atoms with van der Waals surface area (Å²) in [5.74, 6) is -1.46. The van der Waals surface area contributed by atoms with Crippen LogP contribution in [0.15, 0.2) is 0 Å². The van der Waals surface area contributed by atoms with Gasteiger partial charge in [0.1, 0.15) is 13.9 Å². The Balaban J connectivity index is 4.15. The van der Waals surface area contributed by atoms with E-state index in [1.54, 1.807) is 0 Å². The molecule has 0 spiro atoms. The molecule has 0 aromatic rings. The Morgan fingerprint density at radius 2 is 2.08 bits per heavy atom. The number of phosphoric acid groups is 1. The highest BCUT2D eigenvalue weighted by Crippen LogP contribution is 2.25. The molecule has 0 rings (SSSR count). The van der Waals surface area contributed by atoms with Crippen molar-refractivity contribution < 1.29 is 28.8 Å². The van der Waals surface area contributed by atoms with Gasteiger partial charge in [0.25, 0.3) is 0 Å². The fourth-order valence-electron chi connectivity index (χ4n) is 0.368. The lowest BCUT2D eigenvalue weighted by Crippen LogP contribution is -2.42. The van der Waals surface area contributed by atoms with Gasteiger partial charge in [0, 0.05) is 0 Å². The smallest absolute Gasteiger partial charge is 0.328 e. The minimum Gasteiger partial charge on any atom is -0.780 e. The minimum atomic E-state index is -5.36. The van der Waals surface area contributed by atoms with Crippen molar-refractivity contribution in [3.05, 3.63) is 0 Å². The third-order valence-corrected chi connectivity index (χ3v) is 1.40. The Hall–Kier alpha value is -0.460. The molecule has 0 fully saturated rings. The van der Waals surface area contributed by atoms with E-state index in [4.69, 9.17) is 10.8 Å². The van der Waals surface area contributed by atoms with Crippen molar-refractivity contribution in [1.82, 2.24) is 0 Å². The van der Waals surface area contributed by atoms with E-state index >= 15 is 0 Å². The van der Waals surface area contributed by atoms with Gasteiger partial charge in [-0.15, -0.1) is 0 Å². The first-order chi connectivity index (χ1) is 5.24. The maximum Gasteiger partial charge on any atom is 0.328 e. The van der Waals surface area contributed by atoms with Crippen molar-refractivity contribution in [2.45, 2.75) is 19.1 Å². The summed E-state index contributed by atoms with van der Waals surface area (Å²) in [4.78, 5) is 30.2. The van der Waals surface area contributed by atoms with E-state index < -0.39 is 25.9 Å². The highest BCUT2D eigenvalue weighted by Gasteiger charge is 2.20. The number of hydrogen-bond acceptors (Lipinski definition) is 7. The monoisotopic (exact) mass is 197 g/mol. The molecule has 3 N–H and O–H groups in total. The molecule has 0 aromatic heterocycles. The Labute approximate surface area is 68.4 Å². The molecular weight excluding hydrogens is 189 g/mol. The summed E-state index contributed by atoms with van der Waals surface area (Å²) >= 11 is 0. The maximum atomic E-state index is 10.5. The van der Waals surface area contributed by atoms with Gasteiger partial charge in [0.05, 0.1) is 6.10 Å². The van der Waals surface area contributed by atoms with E-state index in [0.717, 1.165) is 6.92 Å². The maximum absolute atomic E-state index is 10.5. The van der Waals surface area contributed by atoms with Gasteiger partial charge in [-0.05, 0) is 6.92 Å². The summed E-state index contributed by atoms with van der Waals surface area (Å²) in [7, 11) is -5.36. The van der Waals surface area contributed by atoms with Crippen LogP contribution in [-0.2, 0) is 13.9 Å². The van der Waals surface area contributed by atoms with E-state index in [9.17, 15) is 19.1 Å². The largest absolute Gasteiger partial charge is 0.780 e. The zero-order valence-corrected chi connectivity index (χ0v) is 7.06. The quantitative estimate of drug-likeness (QED) is 0.462. The van der Waals surface area contributed by atoms with Crippen LogP contribution in [0.2, 0.25) is 0 Å². The Morgan fingerprint density at radius 3 is 2.33 bits per heavy atom. The van der Waals surface area contributed by atoms with E-state index in [-0.39, 0.29) is 0 Å². The second kappa shape index (κ2) is 3.97. The van der Waals surface area contributed by atoms with Crippen LogP contribution in [0.4, 0.5) is 0 Å². The van der Waals surface area contributed by atoms with Crippen LogP contribution in [0.1, 0.15) is 6.92 Å². The number of carbonyl (C=O) groups is 1. The summed E-state index contributed by atoms with van der Waals surface area (Å²) in [6, 6.07) is -1.53. The molecule has 12 heavy (non-hydrogen) atoms. The van der Waals surface area contributed by atoms with Crippen molar-refractivity contribution in [3.8, 4) is 0 Å². The second-order valence-electron chi connectivity index (χ2n) is 2.12. The topological polar surface area (TPSA) is 136 Å². The number of rotatable bonds is 3. The van der Waals surface area contributed by atoms with Gasteiger partial charge in [0.15, 0.2) is 0 Å². The number of hydrogen-bond donors (Lipinski definition) is 2. The third kappa shape index (κ3) is 4.42. The molecule has 0 aliphatic heterocycles. The van der Waals surface area contributed by atoms with Crippen LogP contribution in [-0.4, -0.2) is 23.2 Å². The van der Waals surface area contributed by atoms with Crippen LogP contribution in [0.3, 0.4) is 0 Å². The van der Waals surface area contributed by atoms with Crippen LogP contribution in [0.5, 0.6) is 0 Å². The highest BCUT2D eigenvalue weighted by molar-refractivity contribution is 7.43. The first kappa shape index (κ1) is 11.5. The lowest BCUT2D eigenvalue weighted by molar-refractivity contribution is -0.338. The number of nitrogens with two attached hydrogens (primary N) is 1. The lowest BCUT2D eigenvalue weighted by Gasteiger charge is -2.29. The first-order valence-corrected chi connectivity index (χ1v) is 4.39. The predicted octanol–water partition coefficient (Wildman–Crippen LogP) is -2.93. The minimum absolute atomic E-state index is 1.16. The molecule has 0 heterocycles. The highest BCUT2D eigenvalue weighted by atomic mass is 31.2. The van der Waals surface area contributed by atoms with E-state index in [2.05, 4.69) is 4.52 Å². The summed E-state index contributed by atoms with van der Waals surface area (Å²) in [5, 5.41) is 8.67. The Kier molecular flexibility index (Phi) is 3.82. The molecule has 0 aromatic carbocycles. The van der Waals surface area contributed by atoms with Gasteiger partial charge in [-0.25, -0.2) is 0 Å². The van der Waals surface area contributed by atoms with Crippen molar-refractivity contribution in [3.63, 3.8) is 0 Å². The van der Waals surface area contributed by atoms with E-state index in [1.165, 1.54) is 0 Å². The Morgan fingerprint density at radius 1 is 1.67 bits per heavy atom. The molecular formula is C4H8NO6P-2. The molecule has 0 aliphatic rings. The molecule has 0 saturated heterocycles. The van der Waals surface area contributed by atoms with Crippen LogP contribution >= 0.6 is 7.82 Å². The molecule has 0 radical (unpaired) electrons. The van der Waals surface area contributed by atoms with Gasteiger partial charge < -0.3 is 29.7 Å². The summed E-state index contributed by atoms with van der Waals surface area (Å²) < 4.78 is 13.2. The number of aliphatic hydroxyl groups is 1. The third-order valence-electron chi connectivity index (χ3n) is 0.994. The first-order valence-electron chi connectivity index (χ1n) is 2.93. The Bertz CT molecular complexity index is 210. The predicted molar refractivity (Wildman–Crippen MR) is 33.4 cm³/mol. The number of carbonyl (C=O) groups excluding carboxylic acids is 1. The van der Waals surface area contributed by atoms with Gasteiger partial charge >= 0.3 is 5.97 Å². The summed E-state index contributed by atoms with van der Waals surface area (Å²) in [6.07, 6.45) is -1.27. The molecule has 72 valence electrons. The molecule has 0 bridgehead atoms. The summed E-state index contributed by atoms with van der Waals surface area (Å²) in [6.45, 7) is 1.16. The van der Waals surface area contributed by atoms with Gasteiger partial charge in [-0.2, -0.15) is 0 Å². The fraction of sp³-hybridized carbons (Fsp3) is 0.750. The number of phosphoric ester groups is 1. The van der Waals surface area contributed by atoms with Crippen LogP contribution < -0.4 is 15.5 Å². The second-order valence-corrected chi connectivity index (χ2v) is 3.20. The molecule has 2 atom stereocenters. The van der Waals surface area contributed by atoms with Gasteiger partial charge in [0.2, 0.25) is 0 Å². The van der Waals surface area contributed by atoms with Crippen molar-refractivity contribution >= 4 is 13.8 Å². The average Bonchev–Trinajstić information content (AvgIpc) is 1.82. The van der Waals surface area contributed by atoms with Crippen molar-refractivity contribution in [2.24, 2.45) is 5.73 Å². The zero-order chi connectivity index (χ0) is 9.94. The standard InChI is InChI=1S/C4H10NO6P/c1-2(6)3(5)4(7)11-12(8,9)10/h2-3,6H,5H2,1H3,(H2,8,9,10)/p-2. The molecule has 0 saturated carbocycles. The van der Waals surface area contributed by atoms with Gasteiger partial charge in [-0.3, -0.25) is 4.79 Å². The average molecular weight is 197 g/mol. The molecule has 8 heteroatoms. The van der Waals surface area contributed by atoms with Gasteiger partial charge in [-0.1, -0.05) is 0 Å². The van der Waals surface area contributed by atoms with Crippen LogP contribution in [0.25, 0.3) is 0 Å². The number of aliphatic hydroxyl groups excluding tert-OH is 1. The normalized spacial score (nSPS) is 16.8. The van der Waals surface area contributed by atoms with Crippen LogP contribution in [0, 0.1) is 0 Å². The lowest BCUT2D eigenvalue weighted by atomic mass is 10.2. The molecule has 0 aliphatic carbocycles. The van der Waals surface area contributed by atoms with E-state index in [0.29, 0.717) is 0 Å². The van der Waals surface area contributed by atoms with Crippen molar-refractivity contribution in [1.29, 1.82) is 0 Å².